The molecule has 0 spiro atoms. The number of rotatable bonds is 1. The largest absolute Gasteiger partial charge is 0.512 e. The number of aryl methyl sites for hydroxylation is 1. The molecule has 3 rings (SSSR count). The van der Waals surface area contributed by atoms with Gasteiger partial charge in [-0.2, -0.15) is 0 Å². The second kappa shape index (κ2) is 5.93. The average Bonchev–Trinajstić information content (AvgIpc) is 2.53. The minimum absolute atomic E-state index is 0.0636. The number of allylic oxidation sites excluding steroid dienone is 3. The van der Waals surface area contributed by atoms with Crippen molar-refractivity contribution in [1.82, 2.24) is 0 Å². The van der Waals surface area contributed by atoms with Gasteiger partial charge in [0.1, 0.15) is 16.6 Å². The van der Waals surface area contributed by atoms with E-state index in [4.69, 9.17) is 0 Å². The van der Waals surface area contributed by atoms with Crippen LogP contribution in [0.25, 0.3) is 5.57 Å². The number of benzene rings is 1. The summed E-state index contributed by atoms with van der Waals surface area (Å²) in [4.78, 5) is 23.6. The van der Waals surface area contributed by atoms with Gasteiger partial charge in [0.2, 0.25) is 9.84 Å². The number of hydrogen-bond acceptors (Lipinski definition) is 5. The molecule has 0 saturated heterocycles. The third kappa shape index (κ3) is 2.56. The van der Waals surface area contributed by atoms with Crippen LogP contribution in [0.3, 0.4) is 0 Å². The number of aliphatic hydroxyl groups excluding tert-OH is 1. The maximum absolute atomic E-state index is 12.9. The Kier molecular flexibility index (Phi) is 4.25. The van der Waals surface area contributed by atoms with Crippen LogP contribution in [0.2, 0.25) is 0 Å². The molecule has 0 bridgehead atoms. The number of sulfone groups is 1. The Balaban J connectivity index is 2.43. The summed E-state index contributed by atoms with van der Waals surface area (Å²) in [5.41, 5.74) is 2.03. The SMILES string of the molecule is Cc1cc(C2=C(O)CCCC2=O)c(C)c2c1S(=O)(=O)C(=C=O)CC2(C)C. The summed E-state index contributed by atoms with van der Waals surface area (Å²) in [6, 6.07) is 1.64. The van der Waals surface area contributed by atoms with Crippen molar-refractivity contribution in [3.63, 3.8) is 0 Å². The van der Waals surface area contributed by atoms with Crippen molar-refractivity contribution in [3.05, 3.63) is 39.0 Å². The first-order valence-corrected chi connectivity index (χ1v) is 10.1. The van der Waals surface area contributed by atoms with Gasteiger partial charge in [-0.1, -0.05) is 13.8 Å². The fourth-order valence-electron chi connectivity index (χ4n) is 4.25. The molecule has 5 nitrogen and oxygen atoms in total. The van der Waals surface area contributed by atoms with Gasteiger partial charge in [-0.25, -0.2) is 13.2 Å². The third-order valence-electron chi connectivity index (χ3n) is 5.37. The summed E-state index contributed by atoms with van der Waals surface area (Å²) in [5, 5.41) is 10.3. The molecule has 138 valence electrons. The van der Waals surface area contributed by atoms with Gasteiger partial charge in [0.15, 0.2) is 5.78 Å². The average molecular weight is 374 g/mol. The normalized spacial score (nSPS) is 21.4. The summed E-state index contributed by atoms with van der Waals surface area (Å²) in [6.45, 7) is 7.20. The first-order valence-electron chi connectivity index (χ1n) is 8.62. The van der Waals surface area contributed by atoms with E-state index < -0.39 is 15.3 Å². The van der Waals surface area contributed by atoms with Gasteiger partial charge < -0.3 is 5.11 Å². The molecule has 1 N–H and O–H groups in total. The second-order valence-corrected chi connectivity index (χ2v) is 9.67. The summed E-state index contributed by atoms with van der Waals surface area (Å²) >= 11 is 0. The number of carbonyl (C=O) groups excluding carboxylic acids is 2. The second-order valence-electron chi connectivity index (χ2n) is 7.76. The lowest BCUT2D eigenvalue weighted by molar-refractivity contribution is -0.114. The first-order chi connectivity index (χ1) is 12.0. The van der Waals surface area contributed by atoms with Crippen LogP contribution >= 0.6 is 0 Å². The van der Waals surface area contributed by atoms with Crippen LogP contribution in [0.1, 0.15) is 61.8 Å². The van der Waals surface area contributed by atoms with E-state index >= 15 is 0 Å². The van der Waals surface area contributed by atoms with E-state index in [0.29, 0.717) is 47.1 Å². The maximum Gasteiger partial charge on any atom is 0.213 e. The topological polar surface area (TPSA) is 88.5 Å². The van der Waals surface area contributed by atoms with Crippen molar-refractivity contribution in [1.29, 1.82) is 0 Å². The van der Waals surface area contributed by atoms with Gasteiger partial charge >= 0.3 is 0 Å². The minimum atomic E-state index is -3.90. The molecule has 0 amide bonds. The van der Waals surface area contributed by atoms with Gasteiger partial charge in [0.05, 0.1) is 10.5 Å². The Labute approximate surface area is 153 Å². The fourth-order valence-corrected chi connectivity index (χ4v) is 6.33. The molecule has 0 fully saturated rings. The van der Waals surface area contributed by atoms with Crippen LogP contribution in [0, 0.1) is 13.8 Å². The molecule has 1 aliphatic carbocycles. The Morgan fingerprint density at radius 3 is 2.42 bits per heavy atom. The highest BCUT2D eigenvalue weighted by Crippen LogP contribution is 2.48. The number of fused-ring (bicyclic) bond motifs is 1. The summed E-state index contributed by atoms with van der Waals surface area (Å²) < 4.78 is 25.8. The molecule has 1 aliphatic heterocycles. The highest BCUT2D eigenvalue weighted by Gasteiger charge is 2.43. The molecular formula is C20H22O5S. The Morgan fingerprint density at radius 1 is 1.19 bits per heavy atom. The van der Waals surface area contributed by atoms with Crippen LogP contribution in [0.4, 0.5) is 0 Å². The van der Waals surface area contributed by atoms with E-state index in [1.54, 1.807) is 25.9 Å². The molecule has 6 heteroatoms. The Bertz CT molecular complexity index is 1020. The molecule has 1 aromatic carbocycles. The Morgan fingerprint density at radius 2 is 1.85 bits per heavy atom. The lowest BCUT2D eigenvalue weighted by atomic mass is 9.75. The predicted molar refractivity (Wildman–Crippen MR) is 98.4 cm³/mol. The Hall–Kier alpha value is -2.17. The fraction of sp³-hybridized carbons (Fsp3) is 0.450. The van der Waals surface area contributed by atoms with Crippen LogP contribution < -0.4 is 0 Å². The van der Waals surface area contributed by atoms with Crippen molar-refractivity contribution < 1.29 is 23.1 Å². The zero-order valence-corrected chi connectivity index (χ0v) is 16.2. The minimum Gasteiger partial charge on any atom is -0.512 e. The van der Waals surface area contributed by atoms with E-state index in [9.17, 15) is 23.1 Å². The van der Waals surface area contributed by atoms with Crippen LogP contribution in [0.15, 0.2) is 21.6 Å². The standard InChI is InChI=1S/C20H22O5S/c1-11-8-14(17-15(22)6-5-7-16(17)23)12(2)18-19(11)26(24,25)13(10-21)9-20(18,3)4/h8,22H,5-7,9H2,1-4H3. The van der Waals surface area contributed by atoms with Crippen molar-refractivity contribution in [2.24, 2.45) is 0 Å². The molecule has 2 aliphatic rings. The smallest absolute Gasteiger partial charge is 0.213 e. The van der Waals surface area contributed by atoms with E-state index in [2.05, 4.69) is 0 Å². The maximum atomic E-state index is 12.9. The third-order valence-corrected chi connectivity index (χ3v) is 7.31. The molecule has 0 atom stereocenters. The van der Waals surface area contributed by atoms with E-state index in [1.807, 2.05) is 13.8 Å². The van der Waals surface area contributed by atoms with Crippen LogP contribution in [-0.2, 0) is 24.8 Å². The van der Waals surface area contributed by atoms with Gasteiger partial charge in [-0.15, -0.1) is 0 Å². The summed E-state index contributed by atoms with van der Waals surface area (Å²) in [5.74, 6) is 1.54. The van der Waals surface area contributed by atoms with Gasteiger partial charge in [-0.3, -0.25) is 4.79 Å². The number of hydrogen-bond donors (Lipinski definition) is 1. The molecule has 0 radical (unpaired) electrons. The lowest BCUT2D eigenvalue weighted by Gasteiger charge is -2.36. The number of aliphatic hydroxyl groups is 1. The zero-order chi connectivity index (χ0) is 19.4. The molecule has 1 heterocycles. The van der Waals surface area contributed by atoms with Crippen LogP contribution in [-0.4, -0.2) is 25.2 Å². The molecular weight excluding hydrogens is 352 g/mol. The predicted octanol–water partition coefficient (Wildman–Crippen LogP) is 3.50. The summed E-state index contributed by atoms with van der Waals surface area (Å²) in [7, 11) is -3.90. The van der Waals surface area contributed by atoms with Gasteiger partial charge in [0, 0.05) is 19.3 Å². The quantitative estimate of drug-likeness (QED) is 0.760. The highest BCUT2D eigenvalue weighted by atomic mass is 32.2. The molecule has 0 unspecified atom stereocenters. The molecule has 26 heavy (non-hydrogen) atoms. The monoisotopic (exact) mass is 374 g/mol. The van der Waals surface area contributed by atoms with Gasteiger partial charge in [-0.05, 0) is 54.0 Å². The highest BCUT2D eigenvalue weighted by molar-refractivity contribution is 7.95. The van der Waals surface area contributed by atoms with Crippen LogP contribution in [0.5, 0.6) is 0 Å². The number of carbonyl (C=O) groups is 1. The molecule has 1 aromatic rings. The van der Waals surface area contributed by atoms with Crippen molar-refractivity contribution in [2.75, 3.05) is 0 Å². The van der Waals surface area contributed by atoms with Gasteiger partial charge in [0.25, 0.3) is 0 Å². The molecule has 0 saturated carbocycles. The zero-order valence-electron chi connectivity index (χ0n) is 15.4. The number of ketones is 1. The van der Waals surface area contributed by atoms with Crippen molar-refractivity contribution in [3.8, 4) is 0 Å². The van der Waals surface area contributed by atoms with E-state index in [-0.39, 0.29) is 27.8 Å². The molecule has 0 aromatic heterocycles. The van der Waals surface area contributed by atoms with E-state index in [0.717, 1.165) is 0 Å². The van der Waals surface area contributed by atoms with Crippen molar-refractivity contribution >= 4 is 27.1 Å². The number of Topliss-reactive ketones (excluding diaryl/α,β-unsaturated/α-hetero) is 1. The first kappa shape index (κ1) is 18.6. The van der Waals surface area contributed by atoms with Crippen molar-refractivity contribution in [2.45, 2.75) is 63.7 Å². The van der Waals surface area contributed by atoms with E-state index in [1.165, 1.54) is 0 Å². The summed E-state index contributed by atoms with van der Waals surface area (Å²) in [6.07, 6.45) is 1.49. The lowest BCUT2D eigenvalue weighted by Crippen LogP contribution is -2.32.